The highest BCUT2D eigenvalue weighted by Crippen LogP contribution is 2.29. The second-order valence-corrected chi connectivity index (χ2v) is 7.52. The zero-order valence-electron chi connectivity index (χ0n) is 10.5. The fourth-order valence-corrected chi connectivity index (χ4v) is 3.58. The Labute approximate surface area is 109 Å². The average Bonchev–Trinajstić information content (AvgIpc) is 2.27. The van der Waals surface area contributed by atoms with Crippen LogP contribution in [0.1, 0.15) is 39.5 Å². The highest BCUT2D eigenvalue weighted by Gasteiger charge is 2.26. The Morgan fingerprint density at radius 2 is 2.06 bits per heavy atom. The molecule has 1 fully saturated rings. The van der Waals surface area contributed by atoms with Crippen molar-refractivity contribution in [3.8, 4) is 0 Å². The van der Waals surface area contributed by atoms with E-state index in [1.54, 1.807) is 0 Å². The molecule has 3 N–H and O–H groups in total. The first-order chi connectivity index (χ1) is 7.84. The van der Waals surface area contributed by atoms with Gasteiger partial charge in [-0.05, 0) is 25.2 Å². The van der Waals surface area contributed by atoms with Crippen molar-refractivity contribution < 1.29 is 8.42 Å². The van der Waals surface area contributed by atoms with Crippen molar-refractivity contribution in [2.45, 2.75) is 44.8 Å². The maximum absolute atomic E-state index is 11.8. The highest BCUT2D eigenvalue weighted by atomic mass is 32.2. The van der Waals surface area contributed by atoms with Gasteiger partial charge in [-0.25, -0.2) is 13.1 Å². The molecular weight excluding hydrogens is 256 g/mol. The van der Waals surface area contributed by atoms with Crippen molar-refractivity contribution in [3.05, 3.63) is 0 Å². The molecule has 1 aliphatic rings. The number of sulfonamides is 1. The van der Waals surface area contributed by atoms with E-state index < -0.39 is 15.3 Å². The lowest BCUT2D eigenvalue weighted by atomic mass is 9.81. The molecule has 0 aromatic heterocycles. The van der Waals surface area contributed by atoms with Gasteiger partial charge in [0.1, 0.15) is 5.25 Å². The molecule has 0 aromatic carbocycles. The van der Waals surface area contributed by atoms with Crippen LogP contribution in [0, 0.1) is 11.8 Å². The summed E-state index contributed by atoms with van der Waals surface area (Å²) in [6.07, 6.45) is 4.75. The molecule has 1 aliphatic carbocycles. The van der Waals surface area contributed by atoms with Gasteiger partial charge < -0.3 is 5.73 Å². The Balaban J connectivity index is 2.52. The molecule has 0 aliphatic heterocycles. The van der Waals surface area contributed by atoms with Crippen LogP contribution in [-0.2, 0) is 10.0 Å². The second kappa shape index (κ2) is 6.11. The minimum Gasteiger partial charge on any atom is -0.392 e. The lowest BCUT2D eigenvalue weighted by molar-refractivity contribution is 0.257. The van der Waals surface area contributed by atoms with Crippen LogP contribution in [-0.4, -0.2) is 25.2 Å². The third-order valence-electron chi connectivity index (χ3n) is 3.70. The van der Waals surface area contributed by atoms with E-state index >= 15 is 0 Å². The van der Waals surface area contributed by atoms with E-state index in [0.29, 0.717) is 18.4 Å². The van der Waals surface area contributed by atoms with E-state index in [4.69, 9.17) is 18.0 Å². The van der Waals surface area contributed by atoms with Crippen LogP contribution in [0.15, 0.2) is 0 Å². The van der Waals surface area contributed by atoms with Gasteiger partial charge in [0.25, 0.3) is 0 Å². The molecule has 0 radical (unpaired) electrons. The molecule has 0 aromatic rings. The number of rotatable bonds is 5. The van der Waals surface area contributed by atoms with Gasteiger partial charge in [-0.1, -0.05) is 38.4 Å². The summed E-state index contributed by atoms with van der Waals surface area (Å²) in [6.45, 7) is 4.22. The Kier molecular flexibility index (Phi) is 5.34. The lowest BCUT2D eigenvalue weighted by Gasteiger charge is -2.29. The maximum Gasteiger partial charge on any atom is 0.220 e. The summed E-state index contributed by atoms with van der Waals surface area (Å²) in [5.74, 6) is 1.03. The monoisotopic (exact) mass is 278 g/mol. The molecule has 1 saturated carbocycles. The molecule has 0 saturated heterocycles. The number of hydrogen-bond acceptors (Lipinski definition) is 3. The van der Waals surface area contributed by atoms with Gasteiger partial charge in [-0.2, -0.15) is 0 Å². The number of hydrogen-bond donors (Lipinski definition) is 2. The van der Waals surface area contributed by atoms with Crippen LogP contribution in [0.3, 0.4) is 0 Å². The second-order valence-electron chi connectivity index (χ2n) is 4.96. The first-order valence-electron chi connectivity index (χ1n) is 6.12. The third kappa shape index (κ3) is 4.19. The van der Waals surface area contributed by atoms with E-state index in [0.717, 1.165) is 6.42 Å². The minimum atomic E-state index is -3.40. The first kappa shape index (κ1) is 14.9. The largest absolute Gasteiger partial charge is 0.392 e. The maximum atomic E-state index is 11.8. The van der Waals surface area contributed by atoms with E-state index in [1.807, 2.05) is 0 Å². The van der Waals surface area contributed by atoms with Crippen LogP contribution in [0.4, 0.5) is 0 Å². The van der Waals surface area contributed by atoms with Crippen molar-refractivity contribution in [2.24, 2.45) is 17.6 Å². The fourth-order valence-electron chi connectivity index (χ4n) is 2.20. The topological polar surface area (TPSA) is 72.2 Å². The molecule has 0 spiro atoms. The molecule has 3 unspecified atom stereocenters. The summed E-state index contributed by atoms with van der Waals surface area (Å²) in [4.78, 5) is 0.0224. The Morgan fingerprint density at radius 1 is 1.47 bits per heavy atom. The van der Waals surface area contributed by atoms with Crippen molar-refractivity contribution >= 4 is 27.2 Å². The third-order valence-corrected chi connectivity index (χ3v) is 5.96. The average molecular weight is 278 g/mol. The Morgan fingerprint density at radius 3 is 2.59 bits per heavy atom. The molecule has 0 heterocycles. The fraction of sp³-hybridized carbons (Fsp3) is 0.909. The summed E-state index contributed by atoms with van der Waals surface area (Å²) in [5, 5.41) is -0.795. The van der Waals surface area contributed by atoms with Crippen molar-refractivity contribution in [1.29, 1.82) is 0 Å². The standard InChI is InChI=1S/C11H22N2O2S2/c1-8-5-3-4-6-10(8)7-13-17(14,15)9(2)11(12)16/h8-10,13H,3-7H2,1-2H3,(H2,12,16). The molecule has 0 amide bonds. The lowest BCUT2D eigenvalue weighted by Crippen LogP contribution is -2.42. The van der Waals surface area contributed by atoms with Crippen LogP contribution in [0.5, 0.6) is 0 Å². The quantitative estimate of drug-likeness (QED) is 0.746. The van der Waals surface area contributed by atoms with Crippen LogP contribution < -0.4 is 10.5 Å². The summed E-state index contributed by atoms with van der Waals surface area (Å²) >= 11 is 4.72. The van der Waals surface area contributed by atoms with Crippen LogP contribution in [0.2, 0.25) is 0 Å². The van der Waals surface area contributed by atoms with E-state index in [9.17, 15) is 8.42 Å². The molecule has 4 nitrogen and oxygen atoms in total. The predicted octanol–water partition coefficient (Wildman–Crippen LogP) is 1.41. The Hall–Kier alpha value is -0.200. The predicted molar refractivity (Wildman–Crippen MR) is 74.3 cm³/mol. The van der Waals surface area contributed by atoms with Gasteiger partial charge in [0.05, 0.1) is 4.99 Å². The van der Waals surface area contributed by atoms with Crippen LogP contribution >= 0.6 is 12.2 Å². The molecule has 1 rings (SSSR count). The highest BCUT2D eigenvalue weighted by molar-refractivity contribution is 7.93. The van der Waals surface area contributed by atoms with Crippen LogP contribution in [0.25, 0.3) is 0 Å². The number of nitrogens with one attached hydrogen (secondary N) is 1. The van der Waals surface area contributed by atoms with Gasteiger partial charge in [0, 0.05) is 6.54 Å². The van der Waals surface area contributed by atoms with Crippen molar-refractivity contribution in [3.63, 3.8) is 0 Å². The zero-order chi connectivity index (χ0) is 13.1. The van der Waals surface area contributed by atoms with Gasteiger partial charge in [-0.3, -0.25) is 0 Å². The van der Waals surface area contributed by atoms with Crippen molar-refractivity contribution in [1.82, 2.24) is 4.72 Å². The summed E-state index contributed by atoms with van der Waals surface area (Å²) in [7, 11) is -3.40. The van der Waals surface area contributed by atoms with Crippen molar-refractivity contribution in [2.75, 3.05) is 6.54 Å². The smallest absolute Gasteiger partial charge is 0.220 e. The number of nitrogens with two attached hydrogens (primary N) is 1. The molecular formula is C11H22N2O2S2. The van der Waals surface area contributed by atoms with Gasteiger partial charge >= 0.3 is 0 Å². The van der Waals surface area contributed by atoms with Gasteiger partial charge in [0.2, 0.25) is 10.0 Å². The molecule has 100 valence electrons. The van der Waals surface area contributed by atoms with E-state index in [2.05, 4.69) is 11.6 Å². The van der Waals surface area contributed by atoms with Gasteiger partial charge in [-0.15, -0.1) is 0 Å². The zero-order valence-corrected chi connectivity index (χ0v) is 12.1. The SMILES string of the molecule is CC1CCCCC1CNS(=O)(=O)C(C)C(N)=S. The van der Waals surface area contributed by atoms with Gasteiger partial charge in [0.15, 0.2) is 0 Å². The van der Waals surface area contributed by atoms with E-state index in [1.165, 1.54) is 26.2 Å². The first-order valence-corrected chi connectivity index (χ1v) is 8.08. The summed E-state index contributed by atoms with van der Waals surface area (Å²) < 4.78 is 26.3. The molecule has 3 atom stereocenters. The minimum absolute atomic E-state index is 0.0224. The van der Waals surface area contributed by atoms with E-state index in [-0.39, 0.29) is 4.99 Å². The molecule has 0 bridgehead atoms. The summed E-state index contributed by atoms with van der Waals surface area (Å²) in [6, 6.07) is 0. The Bertz CT molecular complexity index is 368. The molecule has 17 heavy (non-hydrogen) atoms. The normalized spacial score (nSPS) is 27.6. The molecule has 6 heteroatoms. The number of thiocarbonyl (C=S) groups is 1. The summed E-state index contributed by atoms with van der Waals surface area (Å²) in [5.41, 5.74) is 5.37.